The Bertz CT molecular complexity index is 1520. The molecular weight excluding hydrogens is 450 g/mol. The summed E-state index contributed by atoms with van der Waals surface area (Å²) in [6, 6.07) is 12.8. The molecule has 0 saturated carbocycles. The number of rotatable bonds is 6. The zero-order valence-corrected chi connectivity index (χ0v) is 20.6. The molecule has 10 heteroatoms. The molecule has 4 aromatic rings. The molecule has 0 fully saturated rings. The number of allylic oxidation sites excluding steroid dienone is 1. The summed E-state index contributed by atoms with van der Waals surface area (Å²) in [6.45, 7) is 6.02. The van der Waals surface area contributed by atoms with E-state index in [1.807, 2.05) is 37.7 Å². The van der Waals surface area contributed by atoms with Gasteiger partial charge in [-0.25, -0.2) is 13.4 Å². The van der Waals surface area contributed by atoms with E-state index in [0.29, 0.717) is 29.8 Å². The largest absolute Gasteiger partial charge is 0.402 e. The monoisotopic (exact) mass is 477 g/mol. The van der Waals surface area contributed by atoms with Crippen molar-refractivity contribution < 1.29 is 8.42 Å². The Morgan fingerprint density at radius 1 is 1.06 bits per heavy atom. The molecule has 0 aliphatic heterocycles. The Hall–Kier alpha value is -3.79. The van der Waals surface area contributed by atoms with Crippen LogP contribution in [0.3, 0.4) is 0 Å². The maximum Gasteiger partial charge on any atom is 0.226 e. The number of benzene rings is 2. The van der Waals surface area contributed by atoms with Crippen molar-refractivity contribution in [1.82, 2.24) is 24.7 Å². The molecule has 9 nitrogen and oxygen atoms in total. The second-order valence-electron chi connectivity index (χ2n) is 8.30. The van der Waals surface area contributed by atoms with E-state index < -0.39 is 9.84 Å². The van der Waals surface area contributed by atoms with E-state index in [1.165, 1.54) is 6.26 Å². The van der Waals surface area contributed by atoms with Crippen LogP contribution in [0, 0.1) is 13.8 Å². The van der Waals surface area contributed by atoms with Gasteiger partial charge in [0.05, 0.1) is 16.1 Å². The lowest BCUT2D eigenvalue weighted by Gasteiger charge is -2.12. The molecule has 0 atom stereocenters. The minimum atomic E-state index is -3.23. The van der Waals surface area contributed by atoms with Crippen LogP contribution in [0.15, 0.2) is 53.1 Å². The highest BCUT2D eigenvalue weighted by Crippen LogP contribution is 2.28. The summed E-state index contributed by atoms with van der Waals surface area (Å²) < 4.78 is 25.2. The SMILES string of the molecule is CC(N)=C(c1ccc2c(c1)c(C)nn2C)c1nc(C)nc(NCc2ccc(S(C)(=O)=O)cc2)n1. The molecule has 34 heavy (non-hydrogen) atoms. The Kier molecular flexibility index (Phi) is 6.09. The van der Waals surface area contributed by atoms with Crippen molar-refractivity contribution in [3.63, 3.8) is 0 Å². The summed E-state index contributed by atoms with van der Waals surface area (Å²) in [5, 5.41) is 8.73. The summed E-state index contributed by atoms with van der Waals surface area (Å²) >= 11 is 0. The number of nitrogens with two attached hydrogens (primary N) is 1. The van der Waals surface area contributed by atoms with E-state index in [-0.39, 0.29) is 4.90 Å². The first-order chi connectivity index (χ1) is 16.0. The predicted octanol–water partition coefficient (Wildman–Crippen LogP) is 3.13. The number of nitrogens with zero attached hydrogens (tertiary/aromatic N) is 5. The standard InChI is InChI=1S/C24H27N7O2S/c1-14(25)22(18-8-11-21-20(12-18)15(2)30-31(21)4)23-27-16(3)28-24(29-23)26-13-17-6-9-19(10-7-17)34(5,32)33/h6-12H,13,25H2,1-5H3,(H,26,27,28,29). The van der Waals surface area contributed by atoms with Crippen LogP contribution >= 0.6 is 0 Å². The number of aromatic nitrogens is 5. The fourth-order valence-corrected chi connectivity index (χ4v) is 4.47. The van der Waals surface area contributed by atoms with E-state index in [1.54, 1.807) is 31.2 Å². The van der Waals surface area contributed by atoms with Crippen LogP contribution in [0.2, 0.25) is 0 Å². The average molecular weight is 478 g/mol. The zero-order valence-electron chi connectivity index (χ0n) is 19.8. The third-order valence-corrected chi connectivity index (χ3v) is 6.62. The van der Waals surface area contributed by atoms with Crippen LogP contribution in [0.4, 0.5) is 5.95 Å². The summed E-state index contributed by atoms with van der Waals surface area (Å²) in [7, 11) is -1.31. The summed E-state index contributed by atoms with van der Waals surface area (Å²) in [5.41, 5.74) is 11.4. The molecule has 0 aliphatic carbocycles. The molecule has 4 rings (SSSR count). The fraction of sp³-hybridized carbons (Fsp3) is 0.250. The first-order valence-corrected chi connectivity index (χ1v) is 12.6. The molecule has 2 heterocycles. The Balaban J connectivity index is 1.65. The third-order valence-electron chi connectivity index (χ3n) is 5.49. The van der Waals surface area contributed by atoms with E-state index in [9.17, 15) is 8.42 Å². The fourth-order valence-electron chi connectivity index (χ4n) is 3.84. The van der Waals surface area contributed by atoms with Crippen LogP contribution in [0.25, 0.3) is 16.5 Å². The number of nitrogens with one attached hydrogen (secondary N) is 1. The van der Waals surface area contributed by atoms with Gasteiger partial charge in [0.2, 0.25) is 5.95 Å². The van der Waals surface area contributed by atoms with E-state index in [4.69, 9.17) is 5.73 Å². The first kappa shape index (κ1) is 23.4. The number of fused-ring (bicyclic) bond motifs is 1. The molecule has 0 saturated heterocycles. The van der Waals surface area contributed by atoms with Gasteiger partial charge in [-0.2, -0.15) is 15.1 Å². The highest BCUT2D eigenvalue weighted by atomic mass is 32.2. The zero-order chi connectivity index (χ0) is 24.6. The first-order valence-electron chi connectivity index (χ1n) is 10.7. The highest BCUT2D eigenvalue weighted by Gasteiger charge is 2.16. The number of sulfone groups is 1. The van der Waals surface area contributed by atoms with Crippen molar-refractivity contribution in [2.24, 2.45) is 12.8 Å². The van der Waals surface area contributed by atoms with Crippen LogP contribution in [-0.2, 0) is 23.4 Å². The second kappa shape index (κ2) is 8.86. The van der Waals surface area contributed by atoms with Gasteiger partial charge in [0, 0.05) is 36.5 Å². The molecular formula is C24H27N7O2S. The van der Waals surface area contributed by atoms with Gasteiger partial charge in [-0.1, -0.05) is 18.2 Å². The molecule has 176 valence electrons. The molecule has 3 N–H and O–H groups in total. The molecule has 0 amide bonds. The van der Waals surface area contributed by atoms with Gasteiger partial charge < -0.3 is 11.1 Å². The Morgan fingerprint density at radius 2 is 1.76 bits per heavy atom. The average Bonchev–Trinajstić information content (AvgIpc) is 3.04. The third kappa shape index (κ3) is 4.76. The lowest BCUT2D eigenvalue weighted by molar-refractivity contribution is 0.602. The van der Waals surface area contributed by atoms with Crippen molar-refractivity contribution in [1.29, 1.82) is 0 Å². The summed E-state index contributed by atoms with van der Waals surface area (Å²) in [5.74, 6) is 1.44. The van der Waals surface area contributed by atoms with Crippen LogP contribution < -0.4 is 11.1 Å². The molecule has 0 bridgehead atoms. The smallest absolute Gasteiger partial charge is 0.226 e. The van der Waals surface area contributed by atoms with Crippen molar-refractivity contribution in [2.75, 3.05) is 11.6 Å². The topological polar surface area (TPSA) is 129 Å². The molecule has 0 unspecified atom stereocenters. The Morgan fingerprint density at radius 3 is 2.41 bits per heavy atom. The van der Waals surface area contributed by atoms with Crippen molar-refractivity contribution in [3.8, 4) is 0 Å². The van der Waals surface area contributed by atoms with Gasteiger partial charge in [0.25, 0.3) is 0 Å². The molecule has 2 aromatic carbocycles. The minimum Gasteiger partial charge on any atom is -0.402 e. The number of hydrogen-bond acceptors (Lipinski definition) is 8. The maximum atomic E-state index is 11.7. The lowest BCUT2D eigenvalue weighted by atomic mass is 10.0. The van der Waals surface area contributed by atoms with Gasteiger partial charge in [0.15, 0.2) is 15.7 Å². The van der Waals surface area contributed by atoms with Gasteiger partial charge >= 0.3 is 0 Å². The van der Waals surface area contributed by atoms with Gasteiger partial charge in [0.1, 0.15) is 5.82 Å². The predicted molar refractivity (Wildman–Crippen MR) is 133 cm³/mol. The second-order valence-corrected chi connectivity index (χ2v) is 10.3. The van der Waals surface area contributed by atoms with E-state index >= 15 is 0 Å². The van der Waals surface area contributed by atoms with Crippen LogP contribution in [0.5, 0.6) is 0 Å². The summed E-state index contributed by atoms with van der Waals surface area (Å²) in [6.07, 6.45) is 1.19. The summed E-state index contributed by atoms with van der Waals surface area (Å²) in [4.78, 5) is 13.9. The lowest BCUT2D eigenvalue weighted by Crippen LogP contribution is -2.11. The number of aryl methyl sites for hydroxylation is 3. The molecule has 2 aromatic heterocycles. The van der Waals surface area contributed by atoms with Gasteiger partial charge in [-0.3, -0.25) is 4.68 Å². The molecule has 0 radical (unpaired) electrons. The van der Waals surface area contributed by atoms with E-state index in [0.717, 1.165) is 33.3 Å². The normalized spacial score (nSPS) is 12.6. The van der Waals surface area contributed by atoms with E-state index in [2.05, 4.69) is 31.4 Å². The van der Waals surface area contributed by atoms with Crippen molar-refractivity contribution >= 4 is 32.3 Å². The van der Waals surface area contributed by atoms with Crippen LogP contribution in [-0.4, -0.2) is 39.4 Å². The van der Waals surface area contributed by atoms with Crippen molar-refractivity contribution in [2.45, 2.75) is 32.2 Å². The minimum absolute atomic E-state index is 0.281. The van der Waals surface area contributed by atoms with Gasteiger partial charge in [-0.05, 0) is 56.2 Å². The Labute approximate surface area is 198 Å². The van der Waals surface area contributed by atoms with Crippen LogP contribution in [0.1, 0.15) is 35.4 Å². The maximum absolute atomic E-state index is 11.7. The van der Waals surface area contributed by atoms with Crippen molar-refractivity contribution in [3.05, 3.63) is 76.6 Å². The molecule has 0 spiro atoms. The number of anilines is 1. The quantitative estimate of drug-likeness (QED) is 0.433. The highest BCUT2D eigenvalue weighted by molar-refractivity contribution is 7.90. The number of hydrogen-bond donors (Lipinski definition) is 2. The van der Waals surface area contributed by atoms with Gasteiger partial charge in [-0.15, -0.1) is 0 Å². The molecule has 0 aliphatic rings.